The molecule has 1 aromatic rings. The Morgan fingerprint density at radius 1 is 1.27 bits per heavy atom. The first kappa shape index (κ1) is 10.3. The summed E-state index contributed by atoms with van der Waals surface area (Å²) in [5.74, 6) is 0. The fourth-order valence-electron chi connectivity index (χ4n) is 2.03. The number of allylic oxidation sites excluding steroid dienone is 1. The normalized spacial score (nSPS) is 15.7. The molecule has 0 radical (unpaired) electrons. The number of benzene rings is 1. The Hall–Kier alpha value is -1.24. The van der Waals surface area contributed by atoms with Crippen LogP contribution in [-0.4, -0.2) is 7.05 Å². The highest BCUT2D eigenvalue weighted by Crippen LogP contribution is 2.35. The molecule has 0 saturated carbocycles. The molecule has 0 saturated heterocycles. The summed E-state index contributed by atoms with van der Waals surface area (Å²) >= 11 is 0. The van der Waals surface area contributed by atoms with Gasteiger partial charge < -0.3 is 4.90 Å². The van der Waals surface area contributed by atoms with E-state index < -0.39 is 0 Å². The van der Waals surface area contributed by atoms with Crippen molar-refractivity contribution in [3.8, 4) is 0 Å². The highest BCUT2D eigenvalue weighted by atomic mass is 15.1. The summed E-state index contributed by atoms with van der Waals surface area (Å²) in [5.41, 5.74) is 5.56. The van der Waals surface area contributed by atoms with Crippen molar-refractivity contribution < 1.29 is 0 Å². The number of nitrogens with zero attached hydrogens (tertiary/aromatic N) is 1. The van der Waals surface area contributed by atoms with Crippen molar-refractivity contribution >= 4 is 5.69 Å². The van der Waals surface area contributed by atoms with Gasteiger partial charge in [-0.2, -0.15) is 0 Å². The van der Waals surface area contributed by atoms with Gasteiger partial charge in [-0.1, -0.05) is 39.5 Å². The molecular weight excluding hydrogens is 182 g/mol. The summed E-state index contributed by atoms with van der Waals surface area (Å²) in [6.07, 6.45) is 0.996. The second-order valence-electron chi connectivity index (χ2n) is 5.40. The molecule has 1 nitrogen and oxygen atoms in total. The largest absolute Gasteiger partial charge is 0.348 e. The lowest BCUT2D eigenvalue weighted by Gasteiger charge is -2.20. The molecule has 0 spiro atoms. The Morgan fingerprint density at radius 3 is 2.53 bits per heavy atom. The van der Waals surface area contributed by atoms with E-state index in [9.17, 15) is 0 Å². The fourth-order valence-corrected chi connectivity index (χ4v) is 2.03. The summed E-state index contributed by atoms with van der Waals surface area (Å²) in [7, 11) is 2.09. The van der Waals surface area contributed by atoms with E-state index in [0.717, 1.165) is 6.42 Å². The van der Waals surface area contributed by atoms with E-state index in [-0.39, 0.29) is 5.41 Å². The lowest BCUT2D eigenvalue weighted by molar-refractivity contribution is 0.590. The third kappa shape index (κ3) is 1.67. The molecule has 0 amide bonds. The maximum atomic E-state index is 4.07. The minimum Gasteiger partial charge on any atom is -0.348 e. The Labute approximate surface area is 92.4 Å². The molecule has 80 valence electrons. The molecule has 0 fully saturated rings. The predicted molar refractivity (Wildman–Crippen MR) is 66.4 cm³/mol. The summed E-state index contributed by atoms with van der Waals surface area (Å²) in [6.45, 7) is 10.8. The van der Waals surface area contributed by atoms with Gasteiger partial charge in [0, 0.05) is 24.9 Å². The monoisotopic (exact) mass is 201 g/mol. The second-order valence-corrected chi connectivity index (χ2v) is 5.40. The van der Waals surface area contributed by atoms with Crippen LogP contribution in [0.2, 0.25) is 0 Å². The van der Waals surface area contributed by atoms with Gasteiger partial charge in [0.1, 0.15) is 0 Å². The number of fused-ring (bicyclic) bond motifs is 1. The molecule has 1 aliphatic heterocycles. The lowest BCUT2D eigenvalue weighted by atomic mass is 9.86. The molecular formula is C14H19N. The number of likely N-dealkylation sites (N-methyl/N-ethyl adjacent to an activating group) is 1. The van der Waals surface area contributed by atoms with Crippen LogP contribution in [0.5, 0.6) is 0 Å². The third-order valence-electron chi connectivity index (χ3n) is 3.18. The zero-order valence-corrected chi connectivity index (χ0v) is 10.1. The molecule has 0 bridgehead atoms. The molecule has 0 unspecified atom stereocenters. The maximum absolute atomic E-state index is 4.07. The van der Waals surface area contributed by atoms with Gasteiger partial charge in [0.15, 0.2) is 0 Å². The number of hydrogen-bond donors (Lipinski definition) is 0. The van der Waals surface area contributed by atoms with E-state index >= 15 is 0 Å². The summed E-state index contributed by atoms with van der Waals surface area (Å²) in [5, 5.41) is 0. The molecule has 1 heterocycles. The minimum absolute atomic E-state index is 0.234. The van der Waals surface area contributed by atoms with Gasteiger partial charge in [0.25, 0.3) is 0 Å². The lowest BCUT2D eigenvalue weighted by Crippen LogP contribution is -2.12. The summed E-state index contributed by atoms with van der Waals surface area (Å²) in [6, 6.07) is 6.77. The molecule has 0 aliphatic carbocycles. The Morgan fingerprint density at radius 2 is 1.93 bits per heavy atom. The van der Waals surface area contributed by atoms with E-state index in [0.29, 0.717) is 0 Å². The SMILES string of the molecule is C=C1Cc2cc(C(C)(C)C)ccc2N1C. The van der Waals surface area contributed by atoms with Crippen LogP contribution in [0, 0.1) is 0 Å². The third-order valence-corrected chi connectivity index (χ3v) is 3.18. The molecule has 1 aromatic carbocycles. The number of rotatable bonds is 0. The van der Waals surface area contributed by atoms with E-state index in [4.69, 9.17) is 0 Å². The summed E-state index contributed by atoms with van der Waals surface area (Å²) in [4.78, 5) is 2.18. The van der Waals surface area contributed by atoms with Crippen LogP contribution in [0.1, 0.15) is 31.9 Å². The predicted octanol–water partition coefficient (Wildman–Crippen LogP) is 3.49. The molecule has 0 N–H and O–H groups in total. The van der Waals surface area contributed by atoms with Crippen molar-refractivity contribution in [2.24, 2.45) is 0 Å². The van der Waals surface area contributed by atoms with Crippen LogP contribution in [0.15, 0.2) is 30.5 Å². The van der Waals surface area contributed by atoms with Crippen molar-refractivity contribution in [3.63, 3.8) is 0 Å². The highest BCUT2D eigenvalue weighted by molar-refractivity contribution is 5.65. The molecule has 2 rings (SSSR count). The zero-order chi connectivity index (χ0) is 11.2. The first-order valence-electron chi connectivity index (χ1n) is 5.44. The first-order chi connectivity index (χ1) is 6.89. The Bertz CT molecular complexity index is 410. The van der Waals surface area contributed by atoms with Crippen LogP contribution in [-0.2, 0) is 11.8 Å². The number of anilines is 1. The van der Waals surface area contributed by atoms with Gasteiger partial charge in [-0.25, -0.2) is 0 Å². The van der Waals surface area contributed by atoms with Crippen LogP contribution < -0.4 is 4.90 Å². The van der Waals surface area contributed by atoms with Gasteiger partial charge in [-0.05, 0) is 22.6 Å². The fraction of sp³-hybridized carbons (Fsp3) is 0.429. The van der Waals surface area contributed by atoms with Gasteiger partial charge in [0.2, 0.25) is 0 Å². The van der Waals surface area contributed by atoms with Gasteiger partial charge in [-0.15, -0.1) is 0 Å². The quantitative estimate of drug-likeness (QED) is 0.621. The minimum atomic E-state index is 0.234. The van der Waals surface area contributed by atoms with E-state index in [1.165, 1.54) is 22.5 Å². The number of hydrogen-bond acceptors (Lipinski definition) is 1. The standard InChI is InChI=1S/C14H19N/c1-10-8-11-9-12(14(2,3)4)6-7-13(11)15(10)5/h6-7,9H,1,8H2,2-5H3. The van der Waals surface area contributed by atoms with Gasteiger partial charge >= 0.3 is 0 Å². The van der Waals surface area contributed by atoms with Crippen LogP contribution >= 0.6 is 0 Å². The average Bonchev–Trinajstić information content (AvgIpc) is 2.41. The molecule has 1 heteroatoms. The van der Waals surface area contributed by atoms with Crippen molar-refractivity contribution in [2.75, 3.05) is 11.9 Å². The first-order valence-corrected chi connectivity index (χ1v) is 5.44. The highest BCUT2D eigenvalue weighted by Gasteiger charge is 2.22. The van der Waals surface area contributed by atoms with Crippen LogP contribution in [0.4, 0.5) is 5.69 Å². The topological polar surface area (TPSA) is 3.24 Å². The smallest absolute Gasteiger partial charge is 0.0442 e. The van der Waals surface area contributed by atoms with Crippen molar-refractivity contribution in [1.82, 2.24) is 0 Å². The molecule has 15 heavy (non-hydrogen) atoms. The van der Waals surface area contributed by atoms with Gasteiger partial charge in [-0.3, -0.25) is 0 Å². The second kappa shape index (κ2) is 3.13. The Kier molecular flexibility index (Phi) is 2.14. The van der Waals surface area contributed by atoms with Crippen molar-refractivity contribution in [2.45, 2.75) is 32.6 Å². The van der Waals surface area contributed by atoms with Crippen molar-refractivity contribution in [3.05, 3.63) is 41.6 Å². The van der Waals surface area contributed by atoms with Gasteiger partial charge in [0.05, 0.1) is 0 Å². The van der Waals surface area contributed by atoms with Crippen molar-refractivity contribution in [1.29, 1.82) is 0 Å². The molecule has 0 aromatic heterocycles. The zero-order valence-electron chi connectivity index (χ0n) is 10.1. The van der Waals surface area contributed by atoms with Crippen LogP contribution in [0.25, 0.3) is 0 Å². The average molecular weight is 201 g/mol. The van der Waals surface area contributed by atoms with E-state index in [2.05, 4.69) is 57.5 Å². The summed E-state index contributed by atoms with van der Waals surface area (Å²) < 4.78 is 0. The van der Waals surface area contributed by atoms with E-state index in [1.54, 1.807) is 0 Å². The molecule has 0 atom stereocenters. The van der Waals surface area contributed by atoms with Crippen LogP contribution in [0.3, 0.4) is 0 Å². The molecule has 1 aliphatic rings. The van der Waals surface area contributed by atoms with E-state index in [1.807, 2.05) is 0 Å². The maximum Gasteiger partial charge on any atom is 0.0442 e. The Balaban J connectivity index is 2.47.